The molecule has 0 saturated heterocycles. The van der Waals surface area contributed by atoms with Gasteiger partial charge in [0.2, 0.25) is 0 Å². The second kappa shape index (κ2) is 5.09. The molecule has 2 rings (SSSR count). The minimum atomic E-state index is 0.242. The monoisotopic (exact) mass is 232 g/mol. The number of nitrogens with two attached hydrogens (primary N) is 1. The van der Waals surface area contributed by atoms with E-state index in [0.29, 0.717) is 0 Å². The summed E-state index contributed by atoms with van der Waals surface area (Å²) in [4.78, 5) is 2.36. The second-order valence-corrected chi connectivity index (χ2v) is 5.70. The number of benzene rings is 1. The average Bonchev–Trinajstić information content (AvgIpc) is 2.94. The molecular formula is C15H24N2. The first kappa shape index (κ1) is 12.4. The zero-order chi connectivity index (χ0) is 12.4. The molecule has 1 aliphatic rings. The highest BCUT2D eigenvalue weighted by Gasteiger charge is 2.33. The van der Waals surface area contributed by atoms with Gasteiger partial charge in [-0.15, -0.1) is 0 Å². The highest BCUT2D eigenvalue weighted by atomic mass is 15.1. The molecular weight excluding hydrogens is 208 g/mol. The summed E-state index contributed by atoms with van der Waals surface area (Å²) in [5.74, 6) is 1.83. The standard InChI is InChI=1S/C15H24N2/c1-11-8-14(11)10-17(3)15-6-4-13(5-7-15)9-12(2)16/h4-7,11-12,14H,8-10,16H2,1-3H3. The van der Waals surface area contributed by atoms with Gasteiger partial charge in [0, 0.05) is 25.3 Å². The van der Waals surface area contributed by atoms with Gasteiger partial charge in [0.1, 0.15) is 0 Å². The van der Waals surface area contributed by atoms with Crippen LogP contribution in [0.5, 0.6) is 0 Å². The van der Waals surface area contributed by atoms with Crippen LogP contribution in [0.2, 0.25) is 0 Å². The summed E-state index contributed by atoms with van der Waals surface area (Å²) in [5.41, 5.74) is 8.45. The quantitative estimate of drug-likeness (QED) is 0.845. The maximum Gasteiger partial charge on any atom is 0.0363 e. The van der Waals surface area contributed by atoms with Gasteiger partial charge in [-0.3, -0.25) is 0 Å². The maximum atomic E-state index is 5.80. The molecule has 2 N–H and O–H groups in total. The Morgan fingerprint density at radius 2 is 1.94 bits per heavy atom. The van der Waals surface area contributed by atoms with Crippen LogP contribution >= 0.6 is 0 Å². The molecule has 3 atom stereocenters. The van der Waals surface area contributed by atoms with E-state index in [1.54, 1.807) is 0 Å². The van der Waals surface area contributed by atoms with E-state index in [9.17, 15) is 0 Å². The number of nitrogens with zero attached hydrogens (tertiary/aromatic N) is 1. The van der Waals surface area contributed by atoms with Crippen molar-refractivity contribution in [2.75, 3.05) is 18.5 Å². The SMILES string of the molecule is CC(N)Cc1ccc(N(C)CC2CC2C)cc1. The number of hydrogen-bond acceptors (Lipinski definition) is 2. The Labute approximate surface area is 105 Å². The van der Waals surface area contributed by atoms with Crippen molar-refractivity contribution in [1.29, 1.82) is 0 Å². The van der Waals surface area contributed by atoms with Crippen LogP contribution in [0.25, 0.3) is 0 Å². The molecule has 94 valence electrons. The zero-order valence-corrected chi connectivity index (χ0v) is 11.2. The molecule has 0 aromatic heterocycles. The molecule has 0 heterocycles. The van der Waals surface area contributed by atoms with Crippen LogP contribution in [0, 0.1) is 11.8 Å². The third-order valence-electron chi connectivity index (χ3n) is 3.72. The molecule has 2 nitrogen and oxygen atoms in total. The zero-order valence-electron chi connectivity index (χ0n) is 11.2. The Kier molecular flexibility index (Phi) is 3.72. The summed E-state index contributed by atoms with van der Waals surface area (Å²) < 4.78 is 0. The third-order valence-corrected chi connectivity index (χ3v) is 3.72. The summed E-state index contributed by atoms with van der Waals surface area (Å²) in [5, 5.41) is 0. The topological polar surface area (TPSA) is 29.3 Å². The summed E-state index contributed by atoms with van der Waals surface area (Å²) in [6.07, 6.45) is 2.36. The molecule has 1 fully saturated rings. The third kappa shape index (κ3) is 3.47. The highest BCUT2D eigenvalue weighted by Crippen LogP contribution is 2.38. The molecule has 0 spiro atoms. The summed E-state index contributed by atoms with van der Waals surface area (Å²) in [6.45, 7) is 5.58. The fourth-order valence-corrected chi connectivity index (χ4v) is 2.37. The van der Waals surface area contributed by atoms with E-state index in [1.165, 1.54) is 24.2 Å². The van der Waals surface area contributed by atoms with Crippen LogP contribution in [-0.4, -0.2) is 19.6 Å². The molecule has 0 bridgehead atoms. The number of hydrogen-bond donors (Lipinski definition) is 1. The fraction of sp³-hybridized carbons (Fsp3) is 0.600. The van der Waals surface area contributed by atoms with Crippen molar-refractivity contribution in [1.82, 2.24) is 0 Å². The molecule has 1 aromatic carbocycles. The molecule has 0 radical (unpaired) electrons. The van der Waals surface area contributed by atoms with Gasteiger partial charge in [-0.25, -0.2) is 0 Å². The van der Waals surface area contributed by atoms with Gasteiger partial charge in [-0.1, -0.05) is 19.1 Å². The molecule has 1 aliphatic carbocycles. The minimum Gasteiger partial charge on any atom is -0.374 e. The van der Waals surface area contributed by atoms with Crippen molar-refractivity contribution >= 4 is 5.69 Å². The smallest absolute Gasteiger partial charge is 0.0363 e. The molecule has 3 unspecified atom stereocenters. The Bertz CT molecular complexity index is 356. The van der Waals surface area contributed by atoms with E-state index < -0.39 is 0 Å². The van der Waals surface area contributed by atoms with Crippen LogP contribution in [0.15, 0.2) is 24.3 Å². The van der Waals surface area contributed by atoms with Gasteiger partial charge in [-0.05, 0) is 49.3 Å². The molecule has 2 heteroatoms. The fourth-order valence-electron chi connectivity index (χ4n) is 2.37. The van der Waals surface area contributed by atoms with Gasteiger partial charge < -0.3 is 10.6 Å². The molecule has 17 heavy (non-hydrogen) atoms. The summed E-state index contributed by atoms with van der Waals surface area (Å²) >= 11 is 0. The van der Waals surface area contributed by atoms with E-state index >= 15 is 0 Å². The summed E-state index contributed by atoms with van der Waals surface area (Å²) in [6, 6.07) is 9.07. The number of anilines is 1. The normalized spacial score (nSPS) is 24.5. The molecule has 1 aromatic rings. The van der Waals surface area contributed by atoms with Crippen molar-refractivity contribution in [3.63, 3.8) is 0 Å². The van der Waals surface area contributed by atoms with E-state index in [1.807, 2.05) is 0 Å². The first-order chi connectivity index (χ1) is 8.06. The summed E-state index contributed by atoms with van der Waals surface area (Å²) in [7, 11) is 2.19. The molecule has 0 amide bonds. The van der Waals surface area contributed by atoms with Crippen molar-refractivity contribution in [3.8, 4) is 0 Å². The Balaban J connectivity index is 1.92. The van der Waals surface area contributed by atoms with E-state index in [2.05, 4.69) is 50.1 Å². The molecule has 1 saturated carbocycles. The lowest BCUT2D eigenvalue weighted by molar-refractivity contribution is 0.723. The lowest BCUT2D eigenvalue weighted by Gasteiger charge is -2.19. The van der Waals surface area contributed by atoms with Crippen molar-refractivity contribution < 1.29 is 0 Å². The van der Waals surface area contributed by atoms with Gasteiger partial charge >= 0.3 is 0 Å². The first-order valence-electron chi connectivity index (χ1n) is 6.62. The first-order valence-corrected chi connectivity index (χ1v) is 6.62. The van der Waals surface area contributed by atoms with Gasteiger partial charge in [-0.2, -0.15) is 0 Å². The Morgan fingerprint density at radius 1 is 1.35 bits per heavy atom. The van der Waals surface area contributed by atoms with Crippen molar-refractivity contribution in [3.05, 3.63) is 29.8 Å². The Hall–Kier alpha value is -1.02. The number of rotatable bonds is 5. The van der Waals surface area contributed by atoms with Crippen molar-refractivity contribution in [2.45, 2.75) is 32.7 Å². The predicted molar refractivity (Wildman–Crippen MR) is 74.3 cm³/mol. The molecule has 0 aliphatic heterocycles. The van der Waals surface area contributed by atoms with E-state index in [0.717, 1.165) is 18.3 Å². The van der Waals surface area contributed by atoms with Crippen LogP contribution in [0.4, 0.5) is 5.69 Å². The highest BCUT2D eigenvalue weighted by molar-refractivity contribution is 5.47. The Morgan fingerprint density at radius 3 is 2.41 bits per heavy atom. The van der Waals surface area contributed by atoms with Crippen LogP contribution < -0.4 is 10.6 Å². The van der Waals surface area contributed by atoms with Crippen LogP contribution in [0.1, 0.15) is 25.8 Å². The second-order valence-electron chi connectivity index (χ2n) is 5.70. The van der Waals surface area contributed by atoms with Gasteiger partial charge in [0.15, 0.2) is 0 Å². The van der Waals surface area contributed by atoms with Crippen molar-refractivity contribution in [2.24, 2.45) is 17.6 Å². The predicted octanol–water partition coefficient (Wildman–Crippen LogP) is 2.67. The van der Waals surface area contributed by atoms with Gasteiger partial charge in [0.05, 0.1) is 0 Å². The van der Waals surface area contributed by atoms with E-state index in [4.69, 9.17) is 5.73 Å². The van der Waals surface area contributed by atoms with Crippen LogP contribution in [0.3, 0.4) is 0 Å². The average molecular weight is 232 g/mol. The van der Waals surface area contributed by atoms with Gasteiger partial charge in [0.25, 0.3) is 0 Å². The minimum absolute atomic E-state index is 0.242. The maximum absolute atomic E-state index is 5.80. The largest absolute Gasteiger partial charge is 0.374 e. The van der Waals surface area contributed by atoms with Crippen LogP contribution in [-0.2, 0) is 6.42 Å². The van der Waals surface area contributed by atoms with E-state index in [-0.39, 0.29) is 6.04 Å². The lowest BCUT2D eigenvalue weighted by atomic mass is 10.1. The lowest BCUT2D eigenvalue weighted by Crippen LogP contribution is -2.21.